The summed E-state index contributed by atoms with van der Waals surface area (Å²) in [5.74, 6) is 0.840. The van der Waals surface area contributed by atoms with Crippen LogP contribution in [0.15, 0.2) is 0 Å². The minimum atomic E-state index is -0.858. The van der Waals surface area contributed by atoms with Crippen molar-refractivity contribution in [1.29, 1.82) is 0 Å². The molecule has 5 aliphatic carbocycles. The number of likely N-dealkylation sites (tertiary alicyclic amines) is 1. The number of fused-ring (bicyclic) bond motifs is 2. The minimum Gasteiger partial charge on any atom is -0.392 e. The molecule has 152 valence electrons. The number of hydrogen-bond acceptors (Lipinski definition) is 5. The van der Waals surface area contributed by atoms with Gasteiger partial charge in [0.2, 0.25) is 0 Å². The van der Waals surface area contributed by atoms with Gasteiger partial charge in [-0.25, -0.2) is 0 Å². The zero-order valence-electron chi connectivity index (χ0n) is 16.8. The van der Waals surface area contributed by atoms with Gasteiger partial charge in [0.05, 0.1) is 23.9 Å². The number of rotatable bonds is 2. The largest absolute Gasteiger partial charge is 0.392 e. The van der Waals surface area contributed by atoms with Crippen LogP contribution in [0.3, 0.4) is 0 Å². The average molecular weight is 378 g/mol. The first kappa shape index (κ1) is 17.6. The Kier molecular flexibility index (Phi) is 3.33. The third kappa shape index (κ3) is 1.66. The smallest absolute Gasteiger partial charge is 0.0771 e. The van der Waals surface area contributed by atoms with Gasteiger partial charge in [0.15, 0.2) is 0 Å². The van der Waals surface area contributed by atoms with Crippen LogP contribution in [0.25, 0.3) is 0 Å². The maximum atomic E-state index is 12.1. The van der Waals surface area contributed by atoms with Gasteiger partial charge < -0.3 is 20.1 Å². The summed E-state index contributed by atoms with van der Waals surface area (Å²) in [4.78, 5) is 2.60. The van der Waals surface area contributed by atoms with E-state index in [0.29, 0.717) is 12.3 Å². The Morgan fingerprint density at radius 2 is 1.96 bits per heavy atom. The Bertz CT molecular complexity index is 673. The molecular weight excluding hydrogens is 342 g/mol. The lowest BCUT2D eigenvalue weighted by atomic mass is 9.43. The summed E-state index contributed by atoms with van der Waals surface area (Å²) >= 11 is 0. The predicted octanol–water partition coefficient (Wildman–Crippen LogP) is 1.25. The van der Waals surface area contributed by atoms with E-state index in [4.69, 9.17) is 4.74 Å². The van der Waals surface area contributed by atoms with Crippen molar-refractivity contribution < 1.29 is 20.1 Å². The molecule has 1 spiro atoms. The van der Waals surface area contributed by atoms with E-state index in [1.54, 1.807) is 7.11 Å². The summed E-state index contributed by atoms with van der Waals surface area (Å²) in [5.41, 5.74) is -0.788. The zero-order valence-corrected chi connectivity index (χ0v) is 16.8. The van der Waals surface area contributed by atoms with Crippen LogP contribution in [0.1, 0.15) is 46.0 Å². The zero-order chi connectivity index (χ0) is 18.9. The first-order valence-electron chi connectivity index (χ1n) is 11.2. The van der Waals surface area contributed by atoms with Gasteiger partial charge in [-0.2, -0.15) is 0 Å². The molecule has 6 aliphatic rings. The second-order valence-electron chi connectivity index (χ2n) is 11.1. The summed E-state index contributed by atoms with van der Waals surface area (Å²) in [6.07, 6.45) is 3.66. The fraction of sp³-hybridized carbons (Fsp3) is 1.00. The Morgan fingerprint density at radius 1 is 1.19 bits per heavy atom. The SMILES string of the molecule is CCN1C[C@]2(C)CCC(O)C34C1C(C[C@@H]32)[C@@]1(O)C[C@H](OC)[C@H]2C[C@@H]4[C@@H]1[C@H]2O. The standard InChI is InChI=1S/C22H35NO4/c1-4-23-10-20(2)6-5-16(24)22-12-7-11-14(27-3)9-21(26,17(12)18(11)25)13(19(22)23)8-15(20)22/h11-19,24-26H,4-10H2,1-3H3/t11-,12-,13?,14+,15-,16?,17-,18+,19?,20+,21+,22?/m1/s1. The molecule has 0 radical (unpaired) electrons. The first-order chi connectivity index (χ1) is 12.8. The highest BCUT2D eigenvalue weighted by atomic mass is 16.5. The monoisotopic (exact) mass is 377 g/mol. The van der Waals surface area contributed by atoms with E-state index in [-0.39, 0.29) is 52.8 Å². The molecule has 0 aromatic rings. The van der Waals surface area contributed by atoms with Crippen LogP contribution in [0, 0.1) is 40.4 Å². The molecule has 1 saturated heterocycles. The van der Waals surface area contributed by atoms with Gasteiger partial charge in [-0.05, 0) is 49.5 Å². The Labute approximate surface area is 162 Å². The molecule has 12 atom stereocenters. The minimum absolute atomic E-state index is 0.0657. The van der Waals surface area contributed by atoms with Crippen molar-refractivity contribution in [1.82, 2.24) is 4.90 Å². The van der Waals surface area contributed by atoms with Gasteiger partial charge >= 0.3 is 0 Å². The Morgan fingerprint density at radius 3 is 2.67 bits per heavy atom. The van der Waals surface area contributed by atoms with Crippen molar-refractivity contribution in [3.8, 4) is 0 Å². The van der Waals surface area contributed by atoms with Gasteiger partial charge in [0.25, 0.3) is 0 Å². The second kappa shape index (κ2) is 5.10. The molecule has 1 aliphatic heterocycles. The number of nitrogens with zero attached hydrogens (tertiary/aromatic N) is 1. The summed E-state index contributed by atoms with van der Waals surface area (Å²) in [6.45, 7) is 6.74. The van der Waals surface area contributed by atoms with Crippen molar-refractivity contribution in [2.24, 2.45) is 40.4 Å². The van der Waals surface area contributed by atoms with Crippen LogP contribution in [-0.4, -0.2) is 70.4 Å². The van der Waals surface area contributed by atoms with E-state index in [1.165, 1.54) is 0 Å². The van der Waals surface area contributed by atoms with E-state index >= 15 is 0 Å². The van der Waals surface area contributed by atoms with Crippen LogP contribution in [0.4, 0.5) is 0 Å². The number of hydrogen-bond donors (Lipinski definition) is 3. The lowest BCUT2D eigenvalue weighted by Crippen LogP contribution is -2.75. The quantitative estimate of drug-likeness (QED) is 0.676. The Hall–Kier alpha value is -0.200. The highest BCUT2D eigenvalue weighted by Crippen LogP contribution is 2.78. The van der Waals surface area contributed by atoms with Gasteiger partial charge in [-0.15, -0.1) is 0 Å². The van der Waals surface area contributed by atoms with Gasteiger partial charge in [0, 0.05) is 49.3 Å². The molecule has 6 fully saturated rings. The van der Waals surface area contributed by atoms with Crippen molar-refractivity contribution in [3.63, 3.8) is 0 Å². The van der Waals surface area contributed by atoms with Crippen LogP contribution in [-0.2, 0) is 4.74 Å². The fourth-order valence-electron chi connectivity index (χ4n) is 10.1. The molecule has 27 heavy (non-hydrogen) atoms. The molecule has 0 aromatic carbocycles. The predicted molar refractivity (Wildman–Crippen MR) is 99.9 cm³/mol. The highest BCUT2D eigenvalue weighted by molar-refractivity contribution is 5.32. The average Bonchev–Trinajstić information content (AvgIpc) is 3.07. The molecule has 5 heteroatoms. The molecule has 3 N–H and O–H groups in total. The number of ether oxygens (including phenoxy) is 1. The van der Waals surface area contributed by atoms with Crippen LogP contribution in [0.2, 0.25) is 0 Å². The number of aliphatic hydroxyl groups excluding tert-OH is 2. The van der Waals surface area contributed by atoms with E-state index in [2.05, 4.69) is 18.7 Å². The maximum Gasteiger partial charge on any atom is 0.0771 e. The normalized spacial score (nSPS) is 66.2. The third-order valence-electron chi connectivity index (χ3n) is 10.7. The lowest BCUT2D eigenvalue weighted by molar-refractivity contribution is -0.266. The second-order valence-corrected chi connectivity index (χ2v) is 11.1. The molecule has 0 amide bonds. The van der Waals surface area contributed by atoms with E-state index < -0.39 is 11.7 Å². The topological polar surface area (TPSA) is 73.2 Å². The summed E-state index contributed by atoms with van der Waals surface area (Å²) in [5, 5.41) is 34.9. The van der Waals surface area contributed by atoms with E-state index in [9.17, 15) is 15.3 Å². The summed E-state index contributed by atoms with van der Waals surface area (Å²) < 4.78 is 5.79. The third-order valence-corrected chi connectivity index (χ3v) is 10.7. The first-order valence-corrected chi connectivity index (χ1v) is 11.2. The lowest BCUT2D eigenvalue weighted by Gasteiger charge is -2.68. The molecular formula is C22H35NO4. The van der Waals surface area contributed by atoms with Gasteiger partial charge in [-0.3, -0.25) is 4.90 Å². The number of aliphatic hydroxyl groups is 3. The van der Waals surface area contributed by atoms with Crippen LogP contribution >= 0.6 is 0 Å². The Balaban J connectivity index is 1.59. The van der Waals surface area contributed by atoms with Crippen molar-refractivity contribution in [3.05, 3.63) is 0 Å². The van der Waals surface area contributed by atoms with E-state index in [0.717, 1.165) is 38.8 Å². The maximum absolute atomic E-state index is 12.1. The molecule has 5 saturated carbocycles. The van der Waals surface area contributed by atoms with Crippen molar-refractivity contribution in [2.75, 3.05) is 20.2 Å². The van der Waals surface area contributed by atoms with Gasteiger partial charge in [-0.1, -0.05) is 13.8 Å². The fourth-order valence-corrected chi connectivity index (χ4v) is 10.1. The molecule has 5 nitrogen and oxygen atoms in total. The van der Waals surface area contributed by atoms with Crippen LogP contribution in [0.5, 0.6) is 0 Å². The van der Waals surface area contributed by atoms with Crippen molar-refractivity contribution >= 4 is 0 Å². The van der Waals surface area contributed by atoms with Gasteiger partial charge in [0.1, 0.15) is 0 Å². The highest BCUT2D eigenvalue weighted by Gasteiger charge is 2.82. The summed E-state index contributed by atoms with van der Waals surface area (Å²) in [7, 11) is 1.73. The summed E-state index contributed by atoms with van der Waals surface area (Å²) in [6, 6.07) is 0.253. The molecule has 7 bridgehead atoms. The number of methoxy groups -OCH3 is 1. The number of piperidine rings is 1. The molecule has 0 aromatic heterocycles. The molecule has 1 heterocycles. The van der Waals surface area contributed by atoms with Crippen molar-refractivity contribution in [2.45, 2.75) is 75.9 Å². The van der Waals surface area contributed by atoms with Crippen LogP contribution < -0.4 is 0 Å². The molecule has 4 unspecified atom stereocenters. The molecule has 6 rings (SSSR count). The van der Waals surface area contributed by atoms with E-state index in [1.807, 2.05) is 0 Å².